The van der Waals surface area contributed by atoms with E-state index in [1.54, 1.807) is 19.2 Å². The van der Waals surface area contributed by atoms with E-state index in [0.717, 1.165) is 25.7 Å². The van der Waals surface area contributed by atoms with Gasteiger partial charge in [-0.3, -0.25) is 4.79 Å². The van der Waals surface area contributed by atoms with Gasteiger partial charge in [-0.1, -0.05) is 29.8 Å². The molecule has 7 nitrogen and oxygen atoms in total. The van der Waals surface area contributed by atoms with Crippen LogP contribution in [-0.2, 0) is 4.79 Å². The first-order chi connectivity index (χ1) is 16.9. The summed E-state index contributed by atoms with van der Waals surface area (Å²) in [4.78, 5) is 22.8. The minimum atomic E-state index is -0.674. The maximum Gasteiger partial charge on any atom is 0.246 e. The van der Waals surface area contributed by atoms with E-state index < -0.39 is 5.82 Å². The smallest absolute Gasteiger partial charge is 0.246 e. The number of aromatic nitrogens is 2. The van der Waals surface area contributed by atoms with Gasteiger partial charge in [-0.05, 0) is 37.1 Å². The van der Waals surface area contributed by atoms with Crippen molar-refractivity contribution >= 4 is 51.5 Å². The van der Waals surface area contributed by atoms with Crippen LogP contribution in [0, 0.1) is 5.82 Å². The summed E-state index contributed by atoms with van der Waals surface area (Å²) in [6.45, 7) is 3.63. The van der Waals surface area contributed by atoms with Crippen LogP contribution in [0.5, 0.6) is 11.5 Å². The van der Waals surface area contributed by atoms with Crippen molar-refractivity contribution in [3.63, 3.8) is 0 Å². The molecule has 2 aromatic carbocycles. The van der Waals surface area contributed by atoms with Crippen molar-refractivity contribution in [2.45, 2.75) is 43.9 Å². The van der Waals surface area contributed by atoms with Gasteiger partial charge in [-0.15, -0.1) is 0 Å². The summed E-state index contributed by atoms with van der Waals surface area (Å²) in [5, 5.41) is 3.56. The molecule has 0 saturated carbocycles. The van der Waals surface area contributed by atoms with Crippen LogP contribution < -0.4 is 14.8 Å². The number of anilines is 2. The highest BCUT2D eigenvalue weighted by atomic mass is 35.5. The van der Waals surface area contributed by atoms with Crippen LogP contribution in [0.1, 0.15) is 25.7 Å². The highest BCUT2D eigenvalue weighted by molar-refractivity contribution is 6.42. The molecular weight excluding hydrogens is 494 g/mol. The first-order valence-corrected chi connectivity index (χ1v) is 12.0. The van der Waals surface area contributed by atoms with Crippen LogP contribution in [0.3, 0.4) is 0 Å². The van der Waals surface area contributed by atoms with Gasteiger partial charge in [0.05, 0.1) is 28.4 Å². The summed E-state index contributed by atoms with van der Waals surface area (Å²) in [5.41, 5.74) is 0.729. The second-order valence-electron chi connectivity index (χ2n) is 8.64. The Morgan fingerprint density at radius 2 is 1.94 bits per heavy atom. The lowest BCUT2D eigenvalue weighted by molar-refractivity contribution is -0.131. The third kappa shape index (κ3) is 4.36. The van der Waals surface area contributed by atoms with Gasteiger partial charge in [0.25, 0.3) is 0 Å². The Labute approximate surface area is 211 Å². The molecule has 0 radical (unpaired) electrons. The molecular formula is C25H23Cl2FN4O3. The van der Waals surface area contributed by atoms with Crippen molar-refractivity contribution in [1.82, 2.24) is 14.9 Å². The maximum absolute atomic E-state index is 14.6. The average molecular weight is 517 g/mol. The predicted octanol–water partition coefficient (Wildman–Crippen LogP) is 5.91. The molecule has 10 heteroatoms. The van der Waals surface area contributed by atoms with Crippen molar-refractivity contribution in [2.24, 2.45) is 0 Å². The number of benzene rings is 2. The van der Waals surface area contributed by atoms with Crippen LogP contribution in [0.15, 0.2) is 43.2 Å². The minimum absolute atomic E-state index is 0.0263. The van der Waals surface area contributed by atoms with E-state index in [1.165, 1.54) is 24.5 Å². The quantitative estimate of drug-likeness (QED) is 0.324. The molecule has 5 rings (SSSR count). The van der Waals surface area contributed by atoms with Gasteiger partial charge in [0.15, 0.2) is 17.3 Å². The van der Waals surface area contributed by atoms with Crippen molar-refractivity contribution in [3.8, 4) is 11.5 Å². The van der Waals surface area contributed by atoms with E-state index in [0.29, 0.717) is 28.2 Å². The van der Waals surface area contributed by atoms with Crippen molar-refractivity contribution in [2.75, 3.05) is 12.4 Å². The molecule has 1 N–H and O–H groups in total. The molecule has 2 saturated heterocycles. The van der Waals surface area contributed by atoms with Crippen LogP contribution >= 0.6 is 23.2 Å². The zero-order valence-corrected chi connectivity index (χ0v) is 20.4. The molecule has 1 amide bonds. The van der Waals surface area contributed by atoms with Gasteiger partial charge >= 0.3 is 0 Å². The van der Waals surface area contributed by atoms with Crippen LogP contribution in [0.2, 0.25) is 10.0 Å². The van der Waals surface area contributed by atoms with Crippen molar-refractivity contribution in [1.29, 1.82) is 0 Å². The summed E-state index contributed by atoms with van der Waals surface area (Å²) in [6, 6.07) is 6.81. The molecule has 3 heterocycles. The fraction of sp³-hybridized carbons (Fsp3) is 0.320. The number of piperidine rings is 1. The van der Waals surface area contributed by atoms with Crippen LogP contribution in [-0.4, -0.2) is 46.1 Å². The Kier molecular flexibility index (Phi) is 6.42. The van der Waals surface area contributed by atoms with Gasteiger partial charge in [-0.2, -0.15) is 0 Å². The monoisotopic (exact) mass is 516 g/mol. The molecule has 0 aliphatic carbocycles. The summed E-state index contributed by atoms with van der Waals surface area (Å²) in [6.07, 6.45) is 6.03. The summed E-state index contributed by atoms with van der Waals surface area (Å²) < 4.78 is 26.6. The van der Waals surface area contributed by atoms with Gasteiger partial charge in [0, 0.05) is 36.4 Å². The first kappa shape index (κ1) is 23.6. The Morgan fingerprint density at radius 1 is 1.20 bits per heavy atom. The molecule has 182 valence electrons. The highest BCUT2D eigenvalue weighted by Crippen LogP contribution is 2.41. The lowest BCUT2D eigenvalue weighted by atomic mass is 9.99. The largest absolute Gasteiger partial charge is 0.493 e. The molecule has 0 spiro atoms. The number of hydrogen-bond acceptors (Lipinski definition) is 6. The molecule has 2 aliphatic rings. The number of nitrogens with zero attached hydrogens (tertiary/aromatic N) is 3. The topological polar surface area (TPSA) is 76.6 Å². The van der Waals surface area contributed by atoms with Crippen LogP contribution in [0.25, 0.3) is 10.9 Å². The highest BCUT2D eigenvalue weighted by Gasteiger charge is 2.43. The number of methoxy groups -OCH3 is 1. The van der Waals surface area contributed by atoms with Crippen molar-refractivity contribution < 1.29 is 18.7 Å². The molecule has 3 aromatic rings. The molecule has 35 heavy (non-hydrogen) atoms. The van der Waals surface area contributed by atoms with Crippen LogP contribution in [0.4, 0.5) is 15.9 Å². The van der Waals surface area contributed by atoms with E-state index >= 15 is 0 Å². The summed E-state index contributed by atoms with van der Waals surface area (Å²) >= 11 is 11.9. The van der Waals surface area contributed by atoms with E-state index in [2.05, 4.69) is 21.9 Å². The number of fused-ring (bicyclic) bond motifs is 3. The first-order valence-electron chi connectivity index (χ1n) is 11.2. The fourth-order valence-corrected chi connectivity index (χ4v) is 5.34. The third-order valence-electron chi connectivity index (χ3n) is 6.62. The second-order valence-corrected chi connectivity index (χ2v) is 9.42. The molecule has 2 aliphatic heterocycles. The fourth-order valence-electron chi connectivity index (χ4n) is 5.03. The number of ether oxygens (including phenoxy) is 2. The second kappa shape index (κ2) is 9.51. The molecule has 2 atom stereocenters. The van der Waals surface area contributed by atoms with Crippen molar-refractivity contribution in [3.05, 3.63) is 59.1 Å². The number of hydrogen-bond donors (Lipinski definition) is 1. The number of amides is 1. The zero-order valence-electron chi connectivity index (χ0n) is 18.9. The third-order valence-corrected chi connectivity index (χ3v) is 7.40. The van der Waals surface area contributed by atoms with E-state index in [1.807, 2.05) is 4.90 Å². The van der Waals surface area contributed by atoms with E-state index in [-0.39, 0.29) is 39.8 Å². The van der Waals surface area contributed by atoms with Gasteiger partial charge in [0.2, 0.25) is 5.91 Å². The minimum Gasteiger partial charge on any atom is -0.493 e. The number of nitrogens with one attached hydrogen (secondary N) is 1. The Balaban J connectivity index is 1.45. The Morgan fingerprint density at radius 3 is 2.63 bits per heavy atom. The maximum atomic E-state index is 14.6. The number of halogens is 3. The average Bonchev–Trinajstić information content (AvgIpc) is 3.13. The Hall–Kier alpha value is -3.10. The molecule has 2 unspecified atom stereocenters. The standard InChI is InChI=1S/C25H23Cl2FN4O3/c1-3-22(33)32-13-4-5-14(32)9-15(8-13)35-21-10-16-19(11-20(21)34-2)29-12-30-25(16)31-18-7-6-17(26)23(27)24(18)28/h3,6-7,10-15H,1,4-5,8-9H2,2H3,(H,29,30,31). The van der Waals surface area contributed by atoms with E-state index in [4.69, 9.17) is 32.7 Å². The molecule has 2 fully saturated rings. The number of carbonyl (C=O) groups is 1. The SMILES string of the molecule is C=CC(=O)N1C2CCC1CC(Oc1cc3c(Nc4ccc(Cl)c(Cl)c4F)ncnc3cc1OC)C2. The van der Waals surface area contributed by atoms with Gasteiger partial charge in [-0.25, -0.2) is 14.4 Å². The molecule has 1 aromatic heterocycles. The number of rotatable bonds is 6. The Bertz CT molecular complexity index is 1310. The summed E-state index contributed by atoms with van der Waals surface area (Å²) in [7, 11) is 1.56. The zero-order chi connectivity index (χ0) is 24.7. The van der Waals surface area contributed by atoms with Gasteiger partial charge in [0.1, 0.15) is 18.2 Å². The lowest BCUT2D eigenvalue weighted by Gasteiger charge is -2.38. The van der Waals surface area contributed by atoms with Gasteiger partial charge < -0.3 is 19.7 Å². The number of carbonyl (C=O) groups excluding carboxylic acids is 1. The normalized spacial score (nSPS) is 21.1. The lowest BCUT2D eigenvalue weighted by Crippen LogP contribution is -2.48. The summed E-state index contributed by atoms with van der Waals surface area (Å²) in [5.74, 6) is 0.736. The van der Waals surface area contributed by atoms with E-state index in [9.17, 15) is 9.18 Å². The molecule has 2 bridgehead atoms. The predicted molar refractivity (Wildman–Crippen MR) is 133 cm³/mol.